The van der Waals surface area contributed by atoms with E-state index in [1.807, 2.05) is 49.4 Å². The first-order chi connectivity index (χ1) is 19.0. The van der Waals surface area contributed by atoms with Gasteiger partial charge in [0, 0.05) is 37.7 Å². The van der Waals surface area contributed by atoms with Gasteiger partial charge >= 0.3 is 6.18 Å². The Morgan fingerprint density at radius 3 is 2.42 bits per heavy atom. The van der Waals surface area contributed by atoms with Gasteiger partial charge in [0.2, 0.25) is 11.7 Å². The van der Waals surface area contributed by atoms with Gasteiger partial charge in [-0.25, -0.2) is 13.2 Å². The number of halogens is 6. The molecule has 0 aliphatic carbocycles. The molecule has 5 rings (SSSR count). The van der Waals surface area contributed by atoms with Crippen molar-refractivity contribution in [3.8, 4) is 0 Å². The van der Waals surface area contributed by atoms with Gasteiger partial charge in [-0.2, -0.15) is 13.2 Å². The fourth-order valence-electron chi connectivity index (χ4n) is 5.02. The summed E-state index contributed by atoms with van der Waals surface area (Å²) in [6.07, 6.45) is -4.97. The van der Waals surface area contributed by atoms with Crippen LogP contribution in [0.15, 0.2) is 54.6 Å². The summed E-state index contributed by atoms with van der Waals surface area (Å²) in [5.74, 6) is -4.99. The number of nitrogens with one attached hydrogen (secondary N) is 1. The van der Waals surface area contributed by atoms with E-state index >= 15 is 0 Å². The van der Waals surface area contributed by atoms with Crippen LogP contribution >= 0.6 is 0 Å². The summed E-state index contributed by atoms with van der Waals surface area (Å²) in [7, 11) is 0. The second kappa shape index (κ2) is 10.9. The number of hydrogen-bond acceptors (Lipinski definition) is 4. The maximum Gasteiger partial charge on any atom is 0.451 e. The quantitative estimate of drug-likeness (QED) is 0.237. The van der Waals surface area contributed by atoms with Crippen LogP contribution < -0.4 is 5.32 Å². The molecule has 0 bridgehead atoms. The van der Waals surface area contributed by atoms with Crippen molar-refractivity contribution >= 4 is 16.7 Å². The van der Waals surface area contributed by atoms with E-state index in [1.165, 1.54) is 4.90 Å². The number of amides is 1. The number of alkyl halides is 3. The van der Waals surface area contributed by atoms with Crippen LogP contribution in [-0.4, -0.2) is 38.2 Å². The van der Waals surface area contributed by atoms with Crippen molar-refractivity contribution in [2.45, 2.75) is 51.1 Å². The molecule has 1 N–H and O–H groups in total. The highest BCUT2D eigenvalue weighted by molar-refractivity contribution is 5.83. The summed E-state index contributed by atoms with van der Waals surface area (Å²) in [5.41, 5.74) is 0.788. The minimum absolute atomic E-state index is 0.000557. The van der Waals surface area contributed by atoms with Crippen LogP contribution in [0.1, 0.15) is 42.2 Å². The number of rotatable bonds is 7. The molecule has 0 saturated heterocycles. The van der Waals surface area contributed by atoms with E-state index in [4.69, 9.17) is 0 Å². The van der Waals surface area contributed by atoms with Crippen molar-refractivity contribution in [3.05, 3.63) is 94.8 Å². The highest BCUT2D eigenvalue weighted by Gasteiger charge is 2.40. The minimum atomic E-state index is -4.67. The summed E-state index contributed by atoms with van der Waals surface area (Å²) in [6, 6.07) is 13.9. The summed E-state index contributed by atoms with van der Waals surface area (Å²) >= 11 is 0. The third-order valence-electron chi connectivity index (χ3n) is 7.10. The van der Waals surface area contributed by atoms with Crippen LogP contribution in [0.3, 0.4) is 0 Å². The van der Waals surface area contributed by atoms with Gasteiger partial charge in [0.25, 0.3) is 0 Å². The number of nitrogens with zero attached hydrogens (tertiary/aromatic N) is 4. The van der Waals surface area contributed by atoms with Gasteiger partial charge < -0.3 is 14.8 Å². The molecular formula is C28H25F6N5O. The third kappa shape index (κ3) is 5.81. The van der Waals surface area contributed by atoms with Crippen molar-refractivity contribution in [1.82, 2.24) is 25.0 Å². The van der Waals surface area contributed by atoms with E-state index in [2.05, 4.69) is 15.5 Å². The highest BCUT2D eigenvalue weighted by atomic mass is 19.4. The van der Waals surface area contributed by atoms with Crippen LogP contribution in [0.4, 0.5) is 26.3 Å². The second-order valence-corrected chi connectivity index (χ2v) is 9.86. The molecular weight excluding hydrogens is 536 g/mol. The molecule has 0 fully saturated rings. The Labute approximate surface area is 225 Å². The molecule has 40 heavy (non-hydrogen) atoms. The van der Waals surface area contributed by atoms with Gasteiger partial charge in [-0.3, -0.25) is 4.79 Å². The lowest BCUT2D eigenvalue weighted by atomic mass is 9.98. The number of aromatic nitrogens is 3. The molecule has 2 atom stereocenters. The van der Waals surface area contributed by atoms with Crippen molar-refractivity contribution in [1.29, 1.82) is 0 Å². The van der Waals surface area contributed by atoms with Gasteiger partial charge in [0.05, 0.1) is 6.54 Å². The fourth-order valence-corrected chi connectivity index (χ4v) is 5.02. The predicted octanol–water partition coefficient (Wildman–Crippen LogP) is 5.56. The SMILES string of the molecule is C[C@@H](N[C@@H](CC(=O)N1CCn2c(nnc2C(F)(F)F)C1)Cc1cc(F)c(F)cc1F)c1ccc2ccccc2c1. The number of fused-ring (bicyclic) bond motifs is 2. The number of carbonyl (C=O) groups is 1. The van der Waals surface area contributed by atoms with Gasteiger partial charge in [-0.05, 0) is 47.4 Å². The Kier molecular flexibility index (Phi) is 7.54. The molecule has 1 aliphatic rings. The summed E-state index contributed by atoms with van der Waals surface area (Å²) in [4.78, 5) is 14.7. The molecule has 0 spiro atoms. The van der Waals surface area contributed by atoms with Gasteiger partial charge in [0.1, 0.15) is 5.82 Å². The average Bonchev–Trinajstić information content (AvgIpc) is 3.35. The monoisotopic (exact) mass is 561 g/mol. The van der Waals surface area contributed by atoms with E-state index in [0.29, 0.717) is 6.07 Å². The van der Waals surface area contributed by atoms with E-state index in [-0.39, 0.29) is 49.9 Å². The first kappa shape index (κ1) is 27.6. The standard InChI is InChI=1S/C28H25F6N5O/c1-16(18-7-6-17-4-2-3-5-19(17)10-18)35-21(11-20-12-23(30)24(31)14-22(20)29)13-26(40)38-8-9-39-25(15-38)36-37-27(39)28(32,33)34/h2-7,10,12,14,16,21,35H,8-9,11,13,15H2,1H3/t16-,21-/m1/s1. The van der Waals surface area contributed by atoms with Crippen molar-refractivity contribution < 1.29 is 31.1 Å². The Morgan fingerprint density at radius 1 is 0.950 bits per heavy atom. The molecule has 1 aromatic heterocycles. The molecule has 12 heteroatoms. The first-order valence-corrected chi connectivity index (χ1v) is 12.6. The molecule has 0 unspecified atom stereocenters. The van der Waals surface area contributed by atoms with E-state index in [9.17, 15) is 31.1 Å². The van der Waals surface area contributed by atoms with Crippen molar-refractivity contribution in [3.63, 3.8) is 0 Å². The Bertz CT molecular complexity index is 1550. The normalized spacial score (nSPS) is 15.2. The molecule has 1 amide bonds. The van der Waals surface area contributed by atoms with Crippen molar-refractivity contribution in [2.24, 2.45) is 0 Å². The lowest BCUT2D eigenvalue weighted by Gasteiger charge is -2.30. The molecule has 210 valence electrons. The molecule has 0 saturated carbocycles. The van der Waals surface area contributed by atoms with Gasteiger partial charge in [-0.1, -0.05) is 36.4 Å². The third-order valence-corrected chi connectivity index (χ3v) is 7.10. The topological polar surface area (TPSA) is 63.1 Å². The van der Waals surface area contributed by atoms with E-state index in [0.717, 1.165) is 27.0 Å². The molecule has 4 aromatic rings. The number of carbonyl (C=O) groups excluding carboxylic acids is 1. The zero-order chi connectivity index (χ0) is 28.6. The second-order valence-electron chi connectivity index (χ2n) is 9.86. The van der Waals surface area contributed by atoms with Gasteiger partial charge in [0.15, 0.2) is 17.5 Å². The van der Waals surface area contributed by atoms with Gasteiger partial charge in [-0.15, -0.1) is 10.2 Å². The lowest BCUT2D eigenvalue weighted by molar-refractivity contribution is -0.148. The molecule has 2 heterocycles. The highest BCUT2D eigenvalue weighted by Crippen LogP contribution is 2.30. The maximum absolute atomic E-state index is 14.5. The smallest absolute Gasteiger partial charge is 0.333 e. The van der Waals surface area contributed by atoms with Crippen LogP contribution in [0.2, 0.25) is 0 Å². The largest absolute Gasteiger partial charge is 0.451 e. The Morgan fingerprint density at radius 2 is 1.68 bits per heavy atom. The maximum atomic E-state index is 14.5. The predicted molar refractivity (Wildman–Crippen MR) is 134 cm³/mol. The lowest BCUT2D eigenvalue weighted by Crippen LogP contribution is -2.43. The summed E-state index contributed by atoms with van der Waals surface area (Å²) in [6.45, 7) is 1.56. The number of hydrogen-bond donors (Lipinski definition) is 1. The molecule has 6 nitrogen and oxygen atoms in total. The van der Waals surface area contributed by atoms with Crippen LogP contribution in [0.5, 0.6) is 0 Å². The number of benzene rings is 3. The van der Waals surface area contributed by atoms with Crippen molar-refractivity contribution in [2.75, 3.05) is 6.54 Å². The Hall–Kier alpha value is -3.93. The Balaban J connectivity index is 1.36. The minimum Gasteiger partial charge on any atom is -0.333 e. The van der Waals surface area contributed by atoms with E-state index in [1.54, 1.807) is 0 Å². The molecule has 0 radical (unpaired) electrons. The summed E-state index contributed by atoms with van der Waals surface area (Å²) < 4.78 is 82.5. The van der Waals surface area contributed by atoms with Crippen LogP contribution in [-0.2, 0) is 30.5 Å². The van der Waals surface area contributed by atoms with Crippen LogP contribution in [0, 0.1) is 17.5 Å². The van der Waals surface area contributed by atoms with E-state index < -0.39 is 41.4 Å². The summed E-state index contributed by atoms with van der Waals surface area (Å²) in [5, 5.41) is 12.2. The zero-order valence-electron chi connectivity index (χ0n) is 21.4. The first-order valence-electron chi connectivity index (χ1n) is 12.6. The van der Waals surface area contributed by atoms with Crippen LogP contribution in [0.25, 0.3) is 10.8 Å². The average molecular weight is 562 g/mol. The molecule has 1 aliphatic heterocycles. The zero-order valence-corrected chi connectivity index (χ0v) is 21.4. The fraction of sp³-hybridized carbons (Fsp3) is 0.321. The molecule has 3 aromatic carbocycles.